The van der Waals surface area contributed by atoms with Crippen molar-refractivity contribution < 1.29 is 0 Å². The number of fused-ring (bicyclic) bond motifs is 1. The average molecular weight is 246 g/mol. The minimum atomic E-state index is 0.242. The maximum atomic E-state index is 5.89. The molecular formula is C14H22N4. The third-order valence-electron chi connectivity index (χ3n) is 3.15. The van der Waals surface area contributed by atoms with Crippen LogP contribution in [-0.4, -0.2) is 21.5 Å². The van der Waals surface area contributed by atoms with E-state index in [1.54, 1.807) is 6.20 Å². The number of imidazole rings is 1. The van der Waals surface area contributed by atoms with Crippen molar-refractivity contribution in [3.05, 3.63) is 23.7 Å². The predicted molar refractivity (Wildman–Crippen MR) is 74.5 cm³/mol. The summed E-state index contributed by atoms with van der Waals surface area (Å²) in [5, 5.41) is 0. The van der Waals surface area contributed by atoms with Crippen LogP contribution in [0.5, 0.6) is 0 Å². The van der Waals surface area contributed by atoms with Gasteiger partial charge in [0.05, 0.1) is 5.52 Å². The Hall–Kier alpha value is -1.42. The molecule has 2 aromatic heterocycles. The van der Waals surface area contributed by atoms with Crippen LogP contribution in [0.15, 0.2) is 12.3 Å². The summed E-state index contributed by atoms with van der Waals surface area (Å²) < 4.78 is 0. The van der Waals surface area contributed by atoms with Crippen LogP contribution in [0.2, 0.25) is 0 Å². The van der Waals surface area contributed by atoms with Gasteiger partial charge in [-0.15, -0.1) is 0 Å². The molecule has 0 aliphatic heterocycles. The smallest absolute Gasteiger partial charge is 0.177 e. The molecule has 98 valence electrons. The Labute approximate surface area is 108 Å². The molecule has 4 nitrogen and oxygen atoms in total. The van der Waals surface area contributed by atoms with Gasteiger partial charge >= 0.3 is 0 Å². The van der Waals surface area contributed by atoms with E-state index in [1.165, 1.54) is 5.56 Å². The van der Waals surface area contributed by atoms with E-state index in [-0.39, 0.29) is 11.3 Å². The van der Waals surface area contributed by atoms with Gasteiger partial charge in [-0.25, -0.2) is 9.97 Å². The highest BCUT2D eigenvalue weighted by Gasteiger charge is 2.22. The van der Waals surface area contributed by atoms with E-state index < -0.39 is 0 Å². The zero-order valence-electron chi connectivity index (χ0n) is 11.6. The Morgan fingerprint density at radius 1 is 1.39 bits per heavy atom. The zero-order chi connectivity index (χ0) is 13.3. The summed E-state index contributed by atoms with van der Waals surface area (Å²) in [4.78, 5) is 12.3. The number of aryl methyl sites for hydroxylation is 1. The van der Waals surface area contributed by atoms with Crippen LogP contribution in [0, 0.1) is 12.3 Å². The van der Waals surface area contributed by atoms with Crippen molar-refractivity contribution in [2.75, 3.05) is 6.54 Å². The van der Waals surface area contributed by atoms with E-state index in [4.69, 9.17) is 5.73 Å². The predicted octanol–water partition coefficient (Wildman–Crippen LogP) is 2.74. The number of aromatic amines is 1. The van der Waals surface area contributed by atoms with Crippen molar-refractivity contribution >= 4 is 11.2 Å². The summed E-state index contributed by atoms with van der Waals surface area (Å²) in [6.45, 7) is 9.34. The number of H-pyrrole nitrogens is 1. The molecule has 0 bridgehead atoms. The first-order chi connectivity index (χ1) is 8.40. The van der Waals surface area contributed by atoms with Crippen molar-refractivity contribution in [2.45, 2.75) is 40.0 Å². The third-order valence-corrected chi connectivity index (χ3v) is 3.15. The van der Waals surface area contributed by atoms with Crippen molar-refractivity contribution in [2.24, 2.45) is 11.1 Å². The Morgan fingerprint density at radius 2 is 2.11 bits per heavy atom. The van der Waals surface area contributed by atoms with E-state index in [1.807, 2.05) is 6.07 Å². The molecule has 1 unspecified atom stereocenters. The molecular weight excluding hydrogens is 224 g/mol. The Kier molecular flexibility index (Phi) is 3.39. The second-order valence-corrected chi connectivity index (χ2v) is 6.15. The number of hydrogen-bond acceptors (Lipinski definition) is 3. The van der Waals surface area contributed by atoms with E-state index in [2.05, 4.69) is 42.6 Å². The monoisotopic (exact) mass is 246 g/mol. The molecule has 18 heavy (non-hydrogen) atoms. The van der Waals surface area contributed by atoms with Gasteiger partial charge in [-0.1, -0.05) is 20.8 Å². The summed E-state index contributed by atoms with van der Waals surface area (Å²) in [7, 11) is 0. The largest absolute Gasteiger partial charge is 0.340 e. The lowest BCUT2D eigenvalue weighted by atomic mass is 9.84. The minimum absolute atomic E-state index is 0.242. The number of pyridine rings is 1. The Balaban J connectivity index is 2.37. The molecule has 1 atom stereocenters. The quantitative estimate of drug-likeness (QED) is 0.875. The Morgan fingerprint density at radius 3 is 2.67 bits per heavy atom. The van der Waals surface area contributed by atoms with E-state index in [0.717, 1.165) is 23.4 Å². The normalized spacial score (nSPS) is 14.1. The molecule has 2 rings (SSSR count). The number of aromatic nitrogens is 3. The molecule has 0 amide bonds. The first-order valence-electron chi connectivity index (χ1n) is 6.42. The molecule has 0 saturated carbocycles. The molecule has 0 aliphatic carbocycles. The number of nitrogens with one attached hydrogen (secondary N) is 1. The standard InChI is InChI=1S/C14H22N4/c1-9-5-6-16-13-11(9)17-12(18-13)10(8-15)7-14(2,3)4/h5-6,10H,7-8,15H2,1-4H3,(H,16,17,18). The lowest BCUT2D eigenvalue weighted by Gasteiger charge is -2.23. The zero-order valence-corrected chi connectivity index (χ0v) is 11.6. The van der Waals surface area contributed by atoms with Crippen molar-refractivity contribution in [3.63, 3.8) is 0 Å². The fourth-order valence-corrected chi connectivity index (χ4v) is 2.28. The lowest BCUT2D eigenvalue weighted by Crippen LogP contribution is -2.20. The molecule has 0 aromatic carbocycles. The number of nitrogens with two attached hydrogens (primary N) is 1. The van der Waals surface area contributed by atoms with E-state index in [9.17, 15) is 0 Å². The number of hydrogen-bond donors (Lipinski definition) is 2. The fourth-order valence-electron chi connectivity index (χ4n) is 2.28. The molecule has 0 saturated heterocycles. The van der Waals surface area contributed by atoms with E-state index in [0.29, 0.717) is 6.54 Å². The number of nitrogens with zero attached hydrogens (tertiary/aromatic N) is 2. The molecule has 0 spiro atoms. The third kappa shape index (κ3) is 2.70. The summed E-state index contributed by atoms with van der Waals surface area (Å²) in [5.41, 5.74) is 9.12. The van der Waals surface area contributed by atoms with Crippen molar-refractivity contribution in [1.29, 1.82) is 0 Å². The highest BCUT2D eigenvalue weighted by atomic mass is 15.0. The van der Waals surface area contributed by atoms with Crippen LogP contribution in [0.3, 0.4) is 0 Å². The van der Waals surface area contributed by atoms with Gasteiger partial charge in [-0.3, -0.25) is 0 Å². The van der Waals surface area contributed by atoms with Crippen LogP contribution in [0.25, 0.3) is 11.2 Å². The maximum absolute atomic E-state index is 5.89. The van der Waals surface area contributed by atoms with Crippen molar-refractivity contribution in [3.8, 4) is 0 Å². The SMILES string of the molecule is Cc1ccnc2nc(C(CN)CC(C)(C)C)[nH]c12. The van der Waals surface area contributed by atoms with Gasteiger partial charge in [0.15, 0.2) is 5.65 Å². The van der Waals surface area contributed by atoms with Crippen LogP contribution in [-0.2, 0) is 0 Å². The second-order valence-electron chi connectivity index (χ2n) is 6.15. The average Bonchev–Trinajstić information content (AvgIpc) is 2.70. The summed E-state index contributed by atoms with van der Waals surface area (Å²) in [6.07, 6.45) is 2.81. The van der Waals surface area contributed by atoms with Gasteiger partial charge in [0.1, 0.15) is 5.82 Å². The van der Waals surface area contributed by atoms with Crippen LogP contribution in [0.4, 0.5) is 0 Å². The van der Waals surface area contributed by atoms with Gasteiger partial charge in [-0.05, 0) is 30.4 Å². The van der Waals surface area contributed by atoms with E-state index >= 15 is 0 Å². The number of rotatable bonds is 3. The van der Waals surface area contributed by atoms with Gasteiger partial charge in [0.25, 0.3) is 0 Å². The van der Waals surface area contributed by atoms with Gasteiger partial charge in [-0.2, -0.15) is 0 Å². The van der Waals surface area contributed by atoms with Gasteiger partial charge < -0.3 is 10.7 Å². The van der Waals surface area contributed by atoms with Gasteiger partial charge in [0.2, 0.25) is 0 Å². The molecule has 2 heterocycles. The Bertz CT molecular complexity index is 536. The van der Waals surface area contributed by atoms with Crippen LogP contribution in [0.1, 0.15) is 44.5 Å². The van der Waals surface area contributed by atoms with Gasteiger partial charge in [0, 0.05) is 18.7 Å². The topological polar surface area (TPSA) is 67.6 Å². The minimum Gasteiger partial charge on any atom is -0.340 e. The first-order valence-corrected chi connectivity index (χ1v) is 6.42. The first kappa shape index (κ1) is 13.0. The summed E-state index contributed by atoms with van der Waals surface area (Å²) >= 11 is 0. The molecule has 0 fully saturated rings. The van der Waals surface area contributed by atoms with Crippen molar-refractivity contribution in [1.82, 2.24) is 15.0 Å². The second kappa shape index (κ2) is 4.69. The van der Waals surface area contributed by atoms with Crippen LogP contribution < -0.4 is 5.73 Å². The maximum Gasteiger partial charge on any atom is 0.177 e. The molecule has 0 radical (unpaired) electrons. The molecule has 4 heteroatoms. The fraction of sp³-hybridized carbons (Fsp3) is 0.571. The summed E-state index contributed by atoms with van der Waals surface area (Å²) in [5.74, 6) is 1.22. The molecule has 0 aliphatic rings. The highest BCUT2D eigenvalue weighted by Crippen LogP contribution is 2.30. The lowest BCUT2D eigenvalue weighted by molar-refractivity contribution is 0.337. The van der Waals surface area contributed by atoms with Crippen LogP contribution >= 0.6 is 0 Å². The molecule has 3 N–H and O–H groups in total. The summed E-state index contributed by atoms with van der Waals surface area (Å²) in [6, 6.07) is 1.99. The molecule has 2 aromatic rings. The highest BCUT2D eigenvalue weighted by molar-refractivity contribution is 5.74.